The number of rotatable bonds is 10. The van der Waals surface area contributed by atoms with E-state index >= 15 is 0 Å². The minimum atomic E-state index is -0.850. The fourth-order valence-corrected chi connectivity index (χ4v) is 7.05. The van der Waals surface area contributed by atoms with Crippen molar-refractivity contribution in [1.82, 2.24) is 4.57 Å². The Morgan fingerprint density at radius 3 is 2.37 bits per heavy atom. The number of fused-ring (bicyclic) bond motifs is 1. The van der Waals surface area contributed by atoms with Crippen LogP contribution < -0.4 is 33.8 Å². The molecule has 0 spiro atoms. The Bertz CT molecular complexity index is 2040. The first-order valence-electron chi connectivity index (χ1n) is 14.0. The molecule has 1 aliphatic rings. The third kappa shape index (κ3) is 6.69. The van der Waals surface area contributed by atoms with Crippen LogP contribution in [-0.4, -0.2) is 38.5 Å². The summed E-state index contributed by atoms with van der Waals surface area (Å²) in [6, 6.07) is 13.2. The van der Waals surface area contributed by atoms with Crippen molar-refractivity contribution in [2.24, 2.45) is 4.99 Å². The first kappa shape index (κ1) is 33.6. The van der Waals surface area contributed by atoms with Gasteiger partial charge >= 0.3 is 5.97 Å². The summed E-state index contributed by atoms with van der Waals surface area (Å²) in [5, 5.41) is 1.04. The normalized spacial score (nSPS) is 14.4. The number of thiazole rings is 1. The molecule has 1 aromatic heterocycles. The molecule has 3 aromatic carbocycles. The summed E-state index contributed by atoms with van der Waals surface area (Å²) in [4.78, 5) is 32.5. The van der Waals surface area contributed by atoms with E-state index in [1.165, 1.54) is 37.2 Å². The van der Waals surface area contributed by atoms with Gasteiger partial charge in [0, 0.05) is 20.1 Å². The quantitative estimate of drug-likeness (QED) is 0.172. The van der Waals surface area contributed by atoms with Gasteiger partial charge in [-0.1, -0.05) is 62.6 Å². The van der Waals surface area contributed by atoms with Crippen molar-refractivity contribution in [3.63, 3.8) is 0 Å². The number of carbonyl (C=O) groups is 1. The lowest BCUT2D eigenvalue weighted by molar-refractivity contribution is -0.139. The second-order valence-electron chi connectivity index (χ2n) is 9.97. The number of halogens is 3. The van der Waals surface area contributed by atoms with Crippen LogP contribution in [0.2, 0.25) is 10.0 Å². The van der Waals surface area contributed by atoms with Gasteiger partial charge in [-0.25, -0.2) is 9.79 Å². The highest BCUT2D eigenvalue weighted by atomic mass is 79.9. The number of hydrogen-bond donors (Lipinski definition) is 0. The highest BCUT2D eigenvalue weighted by Crippen LogP contribution is 2.41. The van der Waals surface area contributed by atoms with Gasteiger partial charge in [-0.05, 0) is 67.4 Å². The molecule has 5 rings (SSSR count). The van der Waals surface area contributed by atoms with E-state index in [1.54, 1.807) is 62.4 Å². The van der Waals surface area contributed by atoms with Crippen LogP contribution in [0, 0.1) is 0 Å². The topological polar surface area (TPSA) is 97.6 Å². The zero-order chi connectivity index (χ0) is 33.1. The van der Waals surface area contributed by atoms with Gasteiger partial charge in [0.1, 0.15) is 6.61 Å². The summed E-state index contributed by atoms with van der Waals surface area (Å²) in [6.07, 6.45) is 1.75. The summed E-state index contributed by atoms with van der Waals surface area (Å²) in [5.41, 5.74) is 2.43. The summed E-state index contributed by atoms with van der Waals surface area (Å²) in [5.74, 6) is 1.33. The molecule has 240 valence electrons. The van der Waals surface area contributed by atoms with E-state index in [1.807, 2.05) is 6.07 Å². The Hall–Kier alpha value is -3.77. The molecule has 0 unspecified atom stereocenters. The van der Waals surface area contributed by atoms with E-state index in [-0.39, 0.29) is 24.3 Å². The summed E-state index contributed by atoms with van der Waals surface area (Å²) >= 11 is 17.1. The number of esters is 1. The molecule has 9 nitrogen and oxygen atoms in total. The maximum Gasteiger partial charge on any atom is 0.338 e. The first-order chi connectivity index (χ1) is 22.1. The number of benzene rings is 3. The third-order valence-corrected chi connectivity index (χ3v) is 9.45. The Balaban J connectivity index is 1.59. The lowest BCUT2D eigenvalue weighted by Gasteiger charge is -2.26. The Morgan fingerprint density at radius 1 is 1.00 bits per heavy atom. The molecule has 1 atom stereocenters. The van der Waals surface area contributed by atoms with Crippen LogP contribution in [-0.2, 0) is 16.1 Å². The van der Waals surface area contributed by atoms with Crippen molar-refractivity contribution < 1.29 is 28.5 Å². The second-order valence-corrected chi connectivity index (χ2v) is 12.7. The van der Waals surface area contributed by atoms with Crippen molar-refractivity contribution in [2.75, 3.05) is 27.9 Å². The molecule has 0 saturated heterocycles. The first-order valence-corrected chi connectivity index (χ1v) is 16.3. The number of ether oxygens (including phenoxy) is 5. The van der Waals surface area contributed by atoms with Crippen molar-refractivity contribution in [2.45, 2.75) is 26.5 Å². The maximum absolute atomic E-state index is 14.1. The van der Waals surface area contributed by atoms with Gasteiger partial charge in [0.15, 0.2) is 27.8 Å². The molecule has 0 N–H and O–H groups in total. The van der Waals surface area contributed by atoms with Gasteiger partial charge in [-0.15, -0.1) is 0 Å². The Kier molecular flexibility index (Phi) is 10.5. The Morgan fingerprint density at radius 2 is 1.70 bits per heavy atom. The van der Waals surface area contributed by atoms with Crippen LogP contribution in [0.1, 0.15) is 36.6 Å². The second kappa shape index (κ2) is 14.3. The number of methoxy groups -OCH3 is 3. The molecule has 0 radical (unpaired) electrons. The molecular weight excluding hydrogens is 719 g/mol. The van der Waals surface area contributed by atoms with Crippen molar-refractivity contribution in [3.05, 3.63) is 111 Å². The SMILES string of the molecule is CCOC(=O)C1=C(C)N=c2s/c(=C\c3ccc(OCc4ccc(Cl)cc4Cl)c(OC)c3)c(=O)n2[C@@H]1c1cc(OC)c(OC)cc1Br. The monoisotopic (exact) mass is 746 g/mol. The van der Waals surface area contributed by atoms with Gasteiger partial charge in [0.2, 0.25) is 0 Å². The predicted octanol–water partition coefficient (Wildman–Crippen LogP) is 6.47. The lowest BCUT2D eigenvalue weighted by Crippen LogP contribution is -2.40. The number of carbonyl (C=O) groups excluding carboxylic acids is 1. The number of allylic oxidation sites excluding steroid dienone is 1. The molecule has 13 heteroatoms. The molecule has 0 bridgehead atoms. The molecule has 0 fully saturated rings. The number of hydrogen-bond acceptors (Lipinski definition) is 9. The number of aromatic nitrogens is 1. The van der Waals surface area contributed by atoms with Crippen LogP contribution in [0.25, 0.3) is 6.08 Å². The average Bonchev–Trinajstić information content (AvgIpc) is 3.33. The van der Waals surface area contributed by atoms with Crippen LogP contribution in [0.15, 0.2) is 74.1 Å². The van der Waals surface area contributed by atoms with E-state index in [9.17, 15) is 9.59 Å². The highest BCUT2D eigenvalue weighted by Gasteiger charge is 2.35. The maximum atomic E-state index is 14.1. The lowest BCUT2D eigenvalue weighted by atomic mass is 9.95. The summed E-state index contributed by atoms with van der Waals surface area (Å²) < 4.78 is 30.5. The predicted molar refractivity (Wildman–Crippen MR) is 181 cm³/mol. The van der Waals surface area contributed by atoms with Crippen molar-refractivity contribution >= 4 is 62.5 Å². The molecule has 1 aliphatic heterocycles. The molecular formula is C33H29BrCl2N2O7S. The molecule has 0 saturated carbocycles. The van der Waals surface area contributed by atoms with Gasteiger partial charge in [-0.3, -0.25) is 9.36 Å². The summed E-state index contributed by atoms with van der Waals surface area (Å²) in [7, 11) is 4.59. The molecule has 4 aromatic rings. The molecule has 46 heavy (non-hydrogen) atoms. The molecule has 0 aliphatic carbocycles. The van der Waals surface area contributed by atoms with Crippen LogP contribution >= 0.6 is 50.5 Å². The van der Waals surface area contributed by atoms with Crippen molar-refractivity contribution in [3.8, 4) is 23.0 Å². The van der Waals surface area contributed by atoms with Crippen LogP contribution in [0.3, 0.4) is 0 Å². The molecule has 2 heterocycles. The van der Waals surface area contributed by atoms with Crippen LogP contribution in [0.5, 0.6) is 23.0 Å². The zero-order valence-corrected chi connectivity index (χ0v) is 29.4. The van der Waals surface area contributed by atoms with E-state index in [0.717, 1.165) is 5.56 Å². The average molecular weight is 748 g/mol. The van der Waals surface area contributed by atoms with Crippen molar-refractivity contribution in [1.29, 1.82) is 0 Å². The summed E-state index contributed by atoms with van der Waals surface area (Å²) in [6.45, 7) is 3.82. The van der Waals surface area contributed by atoms with Crippen LogP contribution in [0.4, 0.5) is 0 Å². The van der Waals surface area contributed by atoms with Gasteiger partial charge in [-0.2, -0.15) is 0 Å². The van der Waals surface area contributed by atoms with E-state index < -0.39 is 12.0 Å². The fourth-order valence-electron chi connectivity index (χ4n) is 5.00. The van der Waals surface area contributed by atoms with Gasteiger partial charge in [0.25, 0.3) is 5.56 Å². The third-order valence-electron chi connectivity index (χ3n) is 7.20. The van der Waals surface area contributed by atoms with E-state index in [2.05, 4.69) is 20.9 Å². The zero-order valence-electron chi connectivity index (χ0n) is 25.5. The minimum Gasteiger partial charge on any atom is -0.493 e. The molecule has 0 amide bonds. The Labute approximate surface area is 287 Å². The minimum absolute atomic E-state index is 0.161. The highest BCUT2D eigenvalue weighted by molar-refractivity contribution is 9.10. The number of nitrogens with zero attached hydrogens (tertiary/aromatic N) is 2. The smallest absolute Gasteiger partial charge is 0.338 e. The van der Waals surface area contributed by atoms with E-state index in [0.29, 0.717) is 63.7 Å². The van der Waals surface area contributed by atoms with E-state index in [4.69, 9.17) is 46.9 Å². The largest absolute Gasteiger partial charge is 0.493 e. The van der Waals surface area contributed by atoms with Gasteiger partial charge in [0.05, 0.1) is 49.8 Å². The van der Waals surface area contributed by atoms with Gasteiger partial charge < -0.3 is 23.7 Å². The fraction of sp³-hybridized carbons (Fsp3) is 0.242. The standard InChI is InChI=1S/C33H29BrCl2N2O7S/c1-6-44-32(40)29-17(2)37-33-38(30(29)21-14-26(42-4)27(43-5)15-22(21)34)31(39)28(46-33)12-18-7-10-24(25(11-18)41-3)45-16-19-8-9-20(35)13-23(19)36/h7-15,30H,6,16H2,1-5H3/b28-12-/t30-/m1/s1.